The van der Waals surface area contributed by atoms with E-state index in [0.717, 1.165) is 19.3 Å². The van der Waals surface area contributed by atoms with E-state index in [1.54, 1.807) is 0 Å². The summed E-state index contributed by atoms with van der Waals surface area (Å²) in [5.41, 5.74) is 0.608. The van der Waals surface area contributed by atoms with Gasteiger partial charge < -0.3 is 10.1 Å². The van der Waals surface area contributed by atoms with Gasteiger partial charge in [-0.15, -0.1) is 0 Å². The van der Waals surface area contributed by atoms with Crippen LogP contribution >= 0.6 is 0 Å². The van der Waals surface area contributed by atoms with Crippen molar-refractivity contribution in [3.05, 3.63) is 46.0 Å². The molecule has 1 aromatic carbocycles. The lowest BCUT2D eigenvalue weighted by atomic mass is 9.86. The number of amides is 1. The molecule has 1 aliphatic rings. The second-order valence-corrected chi connectivity index (χ2v) is 6.23. The molecule has 1 N–H and O–H groups in total. The molecule has 2 rings (SSSR count). The molecule has 0 saturated heterocycles. The molecular formula is C18H22N2O5. The fourth-order valence-corrected chi connectivity index (χ4v) is 2.84. The first-order chi connectivity index (χ1) is 12.0. The molecule has 0 heterocycles. The van der Waals surface area contributed by atoms with Gasteiger partial charge in [0, 0.05) is 24.3 Å². The lowest BCUT2D eigenvalue weighted by molar-refractivity contribution is -0.384. The first-order valence-electron chi connectivity index (χ1n) is 8.34. The number of non-ortho nitro benzene ring substituents is 1. The predicted octanol–water partition coefficient (Wildman–Crippen LogP) is 2.85. The summed E-state index contributed by atoms with van der Waals surface area (Å²) < 4.78 is 4.92. The number of benzene rings is 1. The Kier molecular flexibility index (Phi) is 6.68. The minimum atomic E-state index is -0.634. The molecular weight excluding hydrogens is 324 g/mol. The number of hydrogen-bond donors (Lipinski definition) is 1. The summed E-state index contributed by atoms with van der Waals surface area (Å²) in [6.45, 7) is 1.80. The first kappa shape index (κ1) is 18.6. The highest BCUT2D eigenvalue weighted by Crippen LogP contribution is 2.23. The Morgan fingerprint density at radius 1 is 1.28 bits per heavy atom. The second kappa shape index (κ2) is 8.96. The van der Waals surface area contributed by atoms with Crippen LogP contribution in [0.4, 0.5) is 5.69 Å². The van der Waals surface area contributed by atoms with E-state index in [1.807, 2.05) is 0 Å². The predicted molar refractivity (Wildman–Crippen MR) is 92.7 cm³/mol. The number of hydrogen-bond acceptors (Lipinski definition) is 5. The number of esters is 1. The zero-order chi connectivity index (χ0) is 18.2. The molecule has 0 aromatic heterocycles. The molecule has 1 aliphatic carbocycles. The zero-order valence-electron chi connectivity index (χ0n) is 14.1. The molecule has 7 heteroatoms. The Hall–Kier alpha value is -2.70. The lowest BCUT2D eigenvalue weighted by Gasteiger charge is -2.29. The fourth-order valence-electron chi connectivity index (χ4n) is 2.84. The molecule has 0 unspecified atom stereocenters. The maximum Gasteiger partial charge on any atom is 0.331 e. The minimum Gasteiger partial charge on any atom is -0.452 e. The minimum absolute atomic E-state index is 0.0201. The third-order valence-electron chi connectivity index (χ3n) is 4.32. The number of nitro groups is 1. The average Bonchev–Trinajstić information content (AvgIpc) is 2.60. The number of rotatable bonds is 6. The number of carbonyl (C=O) groups excluding carboxylic acids is 2. The maximum atomic E-state index is 11.9. The van der Waals surface area contributed by atoms with Gasteiger partial charge in [0.15, 0.2) is 6.61 Å². The molecule has 0 spiro atoms. The van der Waals surface area contributed by atoms with Gasteiger partial charge in [-0.1, -0.05) is 19.8 Å². The van der Waals surface area contributed by atoms with Crippen molar-refractivity contribution >= 4 is 23.6 Å². The number of ether oxygens (including phenoxy) is 1. The highest BCUT2D eigenvalue weighted by Gasteiger charge is 2.22. The van der Waals surface area contributed by atoms with Crippen molar-refractivity contribution in [1.29, 1.82) is 0 Å². The van der Waals surface area contributed by atoms with Crippen molar-refractivity contribution in [2.75, 3.05) is 6.61 Å². The van der Waals surface area contributed by atoms with Crippen LogP contribution in [0.2, 0.25) is 0 Å². The van der Waals surface area contributed by atoms with E-state index in [9.17, 15) is 19.7 Å². The summed E-state index contributed by atoms with van der Waals surface area (Å²) in [5.74, 6) is -0.489. The van der Waals surface area contributed by atoms with Gasteiger partial charge in [0.1, 0.15) is 0 Å². The Morgan fingerprint density at radius 3 is 2.60 bits per heavy atom. The van der Waals surface area contributed by atoms with Gasteiger partial charge in [-0.2, -0.15) is 0 Å². The van der Waals surface area contributed by atoms with Crippen LogP contribution in [-0.4, -0.2) is 29.4 Å². The number of nitro benzene ring substituents is 1. The maximum absolute atomic E-state index is 11.9. The van der Waals surface area contributed by atoms with Crippen molar-refractivity contribution in [1.82, 2.24) is 5.32 Å². The SMILES string of the molecule is C[C@@H]1CCCC[C@@H]1NC(=O)COC(=O)/C=C/c1ccc([N+](=O)[O-])cc1. The summed E-state index contributed by atoms with van der Waals surface area (Å²) in [6, 6.07) is 5.90. The fraction of sp³-hybridized carbons (Fsp3) is 0.444. The van der Waals surface area contributed by atoms with Gasteiger partial charge in [0.25, 0.3) is 11.6 Å². The molecule has 2 atom stereocenters. The van der Waals surface area contributed by atoms with Crippen molar-refractivity contribution in [2.45, 2.75) is 38.6 Å². The first-order valence-corrected chi connectivity index (χ1v) is 8.34. The van der Waals surface area contributed by atoms with Gasteiger partial charge in [-0.05, 0) is 42.5 Å². The van der Waals surface area contributed by atoms with Crippen LogP contribution in [0.1, 0.15) is 38.2 Å². The largest absolute Gasteiger partial charge is 0.452 e. The molecule has 1 fully saturated rings. The molecule has 25 heavy (non-hydrogen) atoms. The van der Waals surface area contributed by atoms with E-state index in [0.29, 0.717) is 11.5 Å². The van der Waals surface area contributed by atoms with E-state index in [1.165, 1.54) is 42.8 Å². The lowest BCUT2D eigenvalue weighted by Crippen LogP contribution is -2.42. The molecule has 7 nitrogen and oxygen atoms in total. The van der Waals surface area contributed by atoms with E-state index >= 15 is 0 Å². The van der Waals surface area contributed by atoms with E-state index in [2.05, 4.69) is 12.2 Å². The van der Waals surface area contributed by atoms with E-state index in [-0.39, 0.29) is 24.2 Å². The quantitative estimate of drug-likeness (QED) is 0.370. The van der Waals surface area contributed by atoms with Crippen LogP contribution < -0.4 is 5.32 Å². The molecule has 0 bridgehead atoms. The molecule has 1 amide bonds. The third kappa shape index (κ3) is 6.02. The monoisotopic (exact) mass is 346 g/mol. The topological polar surface area (TPSA) is 98.5 Å². The summed E-state index contributed by atoms with van der Waals surface area (Å²) >= 11 is 0. The Morgan fingerprint density at radius 2 is 1.96 bits per heavy atom. The second-order valence-electron chi connectivity index (χ2n) is 6.23. The van der Waals surface area contributed by atoms with Gasteiger partial charge in [-0.25, -0.2) is 4.79 Å². The smallest absolute Gasteiger partial charge is 0.331 e. The number of nitrogens with zero attached hydrogens (tertiary/aromatic N) is 1. The molecule has 1 aromatic rings. The molecule has 1 saturated carbocycles. The molecule has 134 valence electrons. The van der Waals surface area contributed by atoms with E-state index in [4.69, 9.17) is 4.74 Å². The van der Waals surface area contributed by atoms with Crippen LogP contribution in [-0.2, 0) is 14.3 Å². The molecule has 0 radical (unpaired) electrons. The Labute approximate surface area is 146 Å². The van der Waals surface area contributed by atoms with Gasteiger partial charge in [0.2, 0.25) is 0 Å². The van der Waals surface area contributed by atoms with Crippen molar-refractivity contribution < 1.29 is 19.2 Å². The highest BCUT2D eigenvalue weighted by molar-refractivity contribution is 5.89. The zero-order valence-corrected chi connectivity index (χ0v) is 14.1. The normalized spacial score (nSPS) is 20.2. The number of nitrogens with one attached hydrogen (secondary N) is 1. The van der Waals surface area contributed by atoms with Crippen LogP contribution in [0.25, 0.3) is 6.08 Å². The van der Waals surface area contributed by atoms with Crippen LogP contribution in [0.5, 0.6) is 0 Å². The van der Waals surface area contributed by atoms with Crippen molar-refractivity contribution in [3.63, 3.8) is 0 Å². The molecule has 0 aliphatic heterocycles. The highest BCUT2D eigenvalue weighted by atomic mass is 16.6. The van der Waals surface area contributed by atoms with E-state index < -0.39 is 10.9 Å². The summed E-state index contributed by atoms with van der Waals surface area (Å²) in [7, 11) is 0. The number of carbonyl (C=O) groups is 2. The van der Waals surface area contributed by atoms with Gasteiger partial charge in [-0.3, -0.25) is 14.9 Å². The average molecular weight is 346 g/mol. The Bertz CT molecular complexity index is 654. The van der Waals surface area contributed by atoms with Crippen LogP contribution in [0.3, 0.4) is 0 Å². The van der Waals surface area contributed by atoms with Gasteiger partial charge in [0.05, 0.1) is 4.92 Å². The van der Waals surface area contributed by atoms with Crippen molar-refractivity contribution in [3.8, 4) is 0 Å². The third-order valence-corrected chi connectivity index (χ3v) is 4.32. The standard InChI is InChI=1S/C18H22N2O5/c1-13-4-2-3-5-16(13)19-17(21)12-25-18(22)11-8-14-6-9-15(10-7-14)20(23)24/h6-11,13,16H,2-5,12H2,1H3,(H,19,21)/b11-8+/t13-,16+/m1/s1. The van der Waals surface area contributed by atoms with Gasteiger partial charge >= 0.3 is 5.97 Å². The van der Waals surface area contributed by atoms with Crippen LogP contribution in [0.15, 0.2) is 30.3 Å². The summed E-state index contributed by atoms with van der Waals surface area (Å²) in [6.07, 6.45) is 7.03. The Balaban J connectivity index is 1.75. The van der Waals surface area contributed by atoms with Crippen LogP contribution in [0, 0.1) is 16.0 Å². The van der Waals surface area contributed by atoms with Crippen molar-refractivity contribution in [2.24, 2.45) is 5.92 Å². The summed E-state index contributed by atoms with van der Waals surface area (Å²) in [5, 5.41) is 13.5. The summed E-state index contributed by atoms with van der Waals surface area (Å²) in [4.78, 5) is 33.6.